The maximum Gasteiger partial charge on any atom is 0.323 e. The van der Waals surface area contributed by atoms with E-state index < -0.39 is 5.97 Å². The second kappa shape index (κ2) is 16.1. The number of halogens is 1. The van der Waals surface area contributed by atoms with Crippen LogP contribution in [-0.2, 0) is 22.6 Å². The fraction of sp³-hybridized carbons (Fsp3) is 0.783. The lowest BCUT2D eigenvalue weighted by atomic mass is 10.0. The second-order valence-corrected chi connectivity index (χ2v) is 8.78. The third kappa shape index (κ3) is 11.5. The highest BCUT2D eigenvalue weighted by molar-refractivity contribution is 6.17. The summed E-state index contributed by atoms with van der Waals surface area (Å²) in [7, 11) is 4.15. The zero-order valence-corrected chi connectivity index (χ0v) is 20.3. The highest BCUT2D eigenvalue weighted by atomic mass is 35.5. The minimum atomic E-state index is -0.906. The van der Waals surface area contributed by atoms with Gasteiger partial charge < -0.3 is 19.5 Å². The fourth-order valence-electron chi connectivity index (χ4n) is 3.74. The van der Waals surface area contributed by atoms with Gasteiger partial charge in [0.1, 0.15) is 12.4 Å². The van der Waals surface area contributed by atoms with Gasteiger partial charge in [0.2, 0.25) is 5.91 Å². The van der Waals surface area contributed by atoms with Crippen LogP contribution in [0.5, 0.6) is 0 Å². The first-order valence-electron chi connectivity index (χ1n) is 11.6. The highest BCUT2D eigenvalue weighted by Crippen LogP contribution is 2.15. The van der Waals surface area contributed by atoms with Gasteiger partial charge in [0, 0.05) is 50.2 Å². The SMILES string of the molecule is CCCCCCCCCl.CN(C)C1CCN(C(=O)CCc2nccn2CC(=O)O)CC1. The number of carbonyl (C=O) groups is 2. The van der Waals surface area contributed by atoms with Crippen molar-refractivity contribution in [2.75, 3.05) is 33.1 Å². The van der Waals surface area contributed by atoms with Crippen LogP contribution in [0.4, 0.5) is 0 Å². The molecule has 2 rings (SSSR count). The number of likely N-dealkylation sites (tertiary alicyclic amines) is 1. The number of imidazole rings is 1. The van der Waals surface area contributed by atoms with E-state index in [2.05, 4.69) is 30.9 Å². The third-order valence-corrected chi connectivity index (χ3v) is 5.97. The molecule has 178 valence electrons. The van der Waals surface area contributed by atoms with E-state index in [1.54, 1.807) is 17.0 Å². The number of carboxylic acid groups (broad SMARTS) is 1. The van der Waals surface area contributed by atoms with Crippen molar-refractivity contribution in [1.82, 2.24) is 19.4 Å². The Bertz CT molecular complexity index is 622. The minimum absolute atomic E-state index is 0.113. The number of nitrogens with zero attached hydrogens (tertiary/aromatic N) is 4. The molecule has 0 radical (unpaired) electrons. The molecule has 1 amide bonds. The van der Waals surface area contributed by atoms with Crippen LogP contribution >= 0.6 is 11.6 Å². The van der Waals surface area contributed by atoms with E-state index in [0.29, 0.717) is 24.7 Å². The molecule has 1 aliphatic heterocycles. The Morgan fingerprint density at radius 1 is 1.16 bits per heavy atom. The number of unbranched alkanes of at least 4 members (excludes halogenated alkanes) is 5. The zero-order chi connectivity index (χ0) is 23.1. The van der Waals surface area contributed by atoms with Crippen molar-refractivity contribution in [3.05, 3.63) is 18.2 Å². The molecule has 8 heteroatoms. The van der Waals surface area contributed by atoms with Crippen molar-refractivity contribution < 1.29 is 14.7 Å². The Morgan fingerprint density at radius 2 is 1.81 bits per heavy atom. The smallest absolute Gasteiger partial charge is 0.323 e. The number of aryl methyl sites for hydroxylation is 1. The van der Waals surface area contributed by atoms with E-state index in [9.17, 15) is 9.59 Å². The van der Waals surface area contributed by atoms with Gasteiger partial charge in [0.25, 0.3) is 0 Å². The topological polar surface area (TPSA) is 78.7 Å². The fourth-order valence-corrected chi connectivity index (χ4v) is 3.93. The lowest BCUT2D eigenvalue weighted by Gasteiger charge is -2.35. The maximum atomic E-state index is 12.3. The van der Waals surface area contributed by atoms with E-state index in [-0.39, 0.29) is 12.5 Å². The number of amides is 1. The molecule has 0 aromatic carbocycles. The molecule has 0 spiro atoms. The zero-order valence-electron chi connectivity index (χ0n) is 19.6. The van der Waals surface area contributed by atoms with E-state index in [4.69, 9.17) is 16.7 Å². The molecule has 1 aliphatic rings. The Hall–Kier alpha value is -1.60. The number of piperidine rings is 1. The van der Waals surface area contributed by atoms with E-state index in [1.807, 2.05) is 4.90 Å². The van der Waals surface area contributed by atoms with Gasteiger partial charge in [-0.15, -0.1) is 11.6 Å². The number of hydrogen-bond acceptors (Lipinski definition) is 4. The number of hydrogen-bond donors (Lipinski definition) is 1. The molecule has 0 saturated carbocycles. The Labute approximate surface area is 192 Å². The summed E-state index contributed by atoms with van der Waals surface area (Å²) < 4.78 is 1.58. The predicted octanol–water partition coefficient (Wildman–Crippen LogP) is 4.04. The molecule has 1 N–H and O–H groups in total. The van der Waals surface area contributed by atoms with Crippen molar-refractivity contribution in [2.45, 2.75) is 83.7 Å². The summed E-state index contributed by atoms with van der Waals surface area (Å²) in [5.74, 6) is 0.712. The van der Waals surface area contributed by atoms with Crippen LogP contribution in [-0.4, -0.2) is 75.4 Å². The lowest BCUT2D eigenvalue weighted by molar-refractivity contribution is -0.137. The number of carboxylic acids is 1. The molecule has 0 unspecified atom stereocenters. The molecule has 1 saturated heterocycles. The Morgan fingerprint density at radius 3 is 2.39 bits per heavy atom. The van der Waals surface area contributed by atoms with Crippen molar-refractivity contribution in [2.24, 2.45) is 0 Å². The Balaban J connectivity index is 0.000000452. The van der Waals surface area contributed by atoms with Crippen LogP contribution in [0.1, 0.15) is 70.5 Å². The molecule has 0 atom stereocenters. The minimum Gasteiger partial charge on any atom is -0.480 e. The summed E-state index contributed by atoms with van der Waals surface area (Å²) in [6.45, 7) is 3.72. The van der Waals surface area contributed by atoms with E-state index in [1.165, 1.54) is 38.5 Å². The molecular weight excluding hydrogens is 416 g/mol. The summed E-state index contributed by atoms with van der Waals surface area (Å²) >= 11 is 5.51. The molecule has 0 bridgehead atoms. The average molecular weight is 457 g/mol. The van der Waals surface area contributed by atoms with Crippen molar-refractivity contribution in [1.29, 1.82) is 0 Å². The number of alkyl halides is 1. The van der Waals surface area contributed by atoms with Crippen LogP contribution in [0, 0.1) is 0 Å². The van der Waals surface area contributed by atoms with Gasteiger partial charge >= 0.3 is 5.97 Å². The summed E-state index contributed by atoms with van der Waals surface area (Å²) in [6.07, 6.45) is 14.1. The van der Waals surface area contributed by atoms with Gasteiger partial charge in [-0.1, -0.05) is 39.0 Å². The van der Waals surface area contributed by atoms with Crippen molar-refractivity contribution in [3.8, 4) is 0 Å². The summed E-state index contributed by atoms with van der Waals surface area (Å²) in [6, 6.07) is 0.554. The van der Waals surface area contributed by atoms with Gasteiger partial charge in [0.15, 0.2) is 0 Å². The van der Waals surface area contributed by atoms with Crippen LogP contribution in [0.2, 0.25) is 0 Å². The first-order chi connectivity index (χ1) is 14.9. The normalized spacial score (nSPS) is 14.4. The van der Waals surface area contributed by atoms with Crippen molar-refractivity contribution in [3.63, 3.8) is 0 Å². The standard InChI is InChI=1S/C15H24N4O3.C8H17Cl/c1-17(2)12-5-8-18(9-6-12)14(20)4-3-13-16-7-10-19(13)11-15(21)22;1-2-3-4-5-6-7-8-9/h7,10,12H,3-6,8-9,11H2,1-2H3,(H,21,22);2-8H2,1H3. The van der Waals surface area contributed by atoms with E-state index in [0.717, 1.165) is 31.8 Å². The number of aromatic nitrogens is 2. The third-order valence-electron chi connectivity index (χ3n) is 5.70. The van der Waals surface area contributed by atoms with Crippen LogP contribution in [0.15, 0.2) is 12.4 Å². The van der Waals surface area contributed by atoms with Crippen LogP contribution in [0.25, 0.3) is 0 Å². The largest absolute Gasteiger partial charge is 0.480 e. The first-order valence-corrected chi connectivity index (χ1v) is 12.1. The Kier molecular flexibility index (Phi) is 14.2. The molecule has 1 aromatic heterocycles. The summed E-state index contributed by atoms with van der Waals surface area (Å²) in [5, 5.41) is 8.83. The summed E-state index contributed by atoms with van der Waals surface area (Å²) in [4.78, 5) is 31.3. The summed E-state index contributed by atoms with van der Waals surface area (Å²) in [5.41, 5.74) is 0. The van der Waals surface area contributed by atoms with E-state index >= 15 is 0 Å². The maximum absolute atomic E-state index is 12.3. The average Bonchev–Trinajstić information content (AvgIpc) is 3.18. The number of rotatable bonds is 12. The van der Waals surface area contributed by atoms with Gasteiger partial charge in [-0.3, -0.25) is 9.59 Å². The van der Waals surface area contributed by atoms with Crippen molar-refractivity contribution >= 4 is 23.5 Å². The number of aliphatic carboxylic acids is 1. The van der Waals surface area contributed by atoms with Gasteiger partial charge in [-0.05, 0) is 33.4 Å². The molecule has 1 aromatic rings. The monoisotopic (exact) mass is 456 g/mol. The van der Waals surface area contributed by atoms with Gasteiger partial charge in [0.05, 0.1) is 0 Å². The quantitative estimate of drug-likeness (QED) is 0.379. The van der Waals surface area contributed by atoms with Crippen LogP contribution in [0.3, 0.4) is 0 Å². The molecule has 0 aliphatic carbocycles. The number of carbonyl (C=O) groups excluding carboxylic acids is 1. The molecular formula is C23H41ClN4O3. The van der Waals surface area contributed by atoms with Crippen LogP contribution < -0.4 is 0 Å². The first kappa shape index (κ1) is 27.4. The van der Waals surface area contributed by atoms with Gasteiger partial charge in [-0.25, -0.2) is 4.98 Å². The van der Waals surface area contributed by atoms with Gasteiger partial charge in [-0.2, -0.15) is 0 Å². The lowest BCUT2D eigenvalue weighted by Crippen LogP contribution is -2.44. The molecule has 31 heavy (non-hydrogen) atoms. The highest BCUT2D eigenvalue weighted by Gasteiger charge is 2.23. The molecule has 1 fully saturated rings. The predicted molar refractivity (Wildman–Crippen MR) is 126 cm³/mol. The second-order valence-electron chi connectivity index (χ2n) is 8.40. The molecule has 7 nitrogen and oxygen atoms in total. The molecule has 2 heterocycles.